The second-order valence-electron chi connectivity index (χ2n) is 5.61. The van der Waals surface area contributed by atoms with Gasteiger partial charge in [0, 0.05) is 0 Å². The minimum absolute atomic E-state index is 1.12. The normalized spacial score (nSPS) is 11.0. The number of hydrogen-bond donors (Lipinski definition) is 0. The van der Waals surface area contributed by atoms with Gasteiger partial charge in [-0.15, -0.1) is 0 Å². The van der Waals surface area contributed by atoms with Crippen LogP contribution in [0.1, 0.15) is 103 Å². The van der Waals surface area contributed by atoms with Crippen molar-refractivity contribution in [1.82, 2.24) is 0 Å². The molecule has 0 amide bonds. The highest BCUT2D eigenvalue weighted by Gasteiger charge is 1.93. The van der Waals surface area contributed by atoms with Crippen LogP contribution in [0.4, 0.5) is 0 Å². The van der Waals surface area contributed by atoms with Gasteiger partial charge >= 0.3 is 0 Å². The average molecular weight is 252 g/mol. The van der Waals surface area contributed by atoms with Gasteiger partial charge < -0.3 is 0 Å². The summed E-state index contributed by atoms with van der Waals surface area (Å²) in [7, 11) is 0. The molecular weight excluding hydrogens is 216 g/mol. The van der Waals surface area contributed by atoms with Crippen LogP contribution in [0.3, 0.4) is 0 Å². The molecule has 108 valence electrons. The first-order valence-corrected chi connectivity index (χ1v) is 8.52. The first-order valence-electron chi connectivity index (χ1n) is 8.52. The van der Waals surface area contributed by atoms with Crippen LogP contribution in [0.2, 0.25) is 0 Å². The van der Waals surface area contributed by atoms with Gasteiger partial charge in [-0.1, -0.05) is 110 Å². The van der Waals surface area contributed by atoms with E-state index in [1.165, 1.54) is 89.9 Å². The van der Waals surface area contributed by atoms with Crippen LogP contribution in [-0.4, -0.2) is 0 Å². The van der Waals surface area contributed by atoms with E-state index in [-0.39, 0.29) is 0 Å². The Labute approximate surface area is 117 Å². The van der Waals surface area contributed by atoms with Gasteiger partial charge in [0.1, 0.15) is 0 Å². The van der Waals surface area contributed by atoms with E-state index in [4.69, 9.17) is 0 Å². The Balaban J connectivity index is 2.86. The van der Waals surface area contributed by atoms with E-state index < -0.39 is 0 Å². The summed E-state index contributed by atoms with van der Waals surface area (Å²) in [5.41, 5.74) is 0. The predicted octanol–water partition coefficient (Wildman–Crippen LogP) is 6.90. The zero-order valence-electron chi connectivity index (χ0n) is 12.9. The van der Waals surface area contributed by atoms with Crippen molar-refractivity contribution in [3.05, 3.63) is 13.3 Å². The Kier molecular flexibility index (Phi) is 17.0. The van der Waals surface area contributed by atoms with Gasteiger partial charge in [-0.05, 0) is 6.42 Å². The molecular formula is C18H36. The summed E-state index contributed by atoms with van der Waals surface area (Å²) in [4.78, 5) is 0. The van der Waals surface area contributed by atoms with Crippen molar-refractivity contribution in [2.24, 2.45) is 0 Å². The maximum absolute atomic E-state index is 3.88. The molecule has 0 aliphatic heterocycles. The molecule has 0 N–H and O–H groups in total. The molecule has 0 aromatic heterocycles. The maximum Gasteiger partial charge on any atom is -0.0386 e. The molecule has 0 heterocycles. The van der Waals surface area contributed by atoms with Gasteiger partial charge in [0.25, 0.3) is 0 Å². The minimum atomic E-state index is 1.12. The van der Waals surface area contributed by atoms with Crippen LogP contribution < -0.4 is 0 Å². The molecule has 0 spiro atoms. The third kappa shape index (κ3) is 16.0. The Bertz CT molecular complexity index is 112. The molecule has 0 nitrogen and oxygen atoms in total. The van der Waals surface area contributed by atoms with Crippen molar-refractivity contribution >= 4 is 0 Å². The van der Waals surface area contributed by atoms with Gasteiger partial charge in [0.15, 0.2) is 0 Å². The molecule has 0 rings (SSSR count). The summed E-state index contributed by atoms with van der Waals surface area (Å²) in [6.07, 6.45) is 23.3. The van der Waals surface area contributed by atoms with Gasteiger partial charge in [-0.3, -0.25) is 0 Å². The first kappa shape index (κ1) is 18.0. The highest BCUT2D eigenvalue weighted by molar-refractivity contribution is 4.64. The SMILES string of the molecule is [CH2]CCCCCCC[CH]CCCCCCCCC. The Morgan fingerprint density at radius 3 is 1.56 bits per heavy atom. The minimum Gasteiger partial charge on any atom is -0.0654 e. The lowest BCUT2D eigenvalue weighted by Gasteiger charge is -2.02. The Morgan fingerprint density at radius 1 is 0.611 bits per heavy atom. The van der Waals surface area contributed by atoms with Crippen LogP contribution >= 0.6 is 0 Å². The Morgan fingerprint density at radius 2 is 1.06 bits per heavy atom. The van der Waals surface area contributed by atoms with E-state index in [9.17, 15) is 0 Å². The zero-order valence-corrected chi connectivity index (χ0v) is 12.9. The molecule has 0 aliphatic carbocycles. The third-order valence-electron chi connectivity index (χ3n) is 3.67. The lowest BCUT2D eigenvalue weighted by Crippen LogP contribution is -1.83. The quantitative estimate of drug-likeness (QED) is 0.278. The molecule has 0 fully saturated rings. The van der Waals surface area contributed by atoms with Crippen LogP contribution in [0.5, 0.6) is 0 Å². The second kappa shape index (κ2) is 17.0. The average Bonchev–Trinajstić information content (AvgIpc) is 2.39. The van der Waals surface area contributed by atoms with Crippen molar-refractivity contribution in [2.45, 2.75) is 103 Å². The molecule has 0 saturated heterocycles. The van der Waals surface area contributed by atoms with Crippen molar-refractivity contribution in [3.8, 4) is 0 Å². The molecule has 0 aromatic rings. The Hall–Kier alpha value is 0. The molecule has 0 heteroatoms. The third-order valence-corrected chi connectivity index (χ3v) is 3.67. The van der Waals surface area contributed by atoms with E-state index in [1.807, 2.05) is 0 Å². The molecule has 0 atom stereocenters. The lowest BCUT2D eigenvalue weighted by molar-refractivity contribution is 0.575. The van der Waals surface area contributed by atoms with E-state index >= 15 is 0 Å². The van der Waals surface area contributed by atoms with E-state index in [1.54, 1.807) is 0 Å². The summed E-state index contributed by atoms with van der Waals surface area (Å²) in [5, 5.41) is 0. The van der Waals surface area contributed by atoms with Gasteiger partial charge in [0.05, 0.1) is 0 Å². The summed E-state index contributed by atoms with van der Waals surface area (Å²) in [6.45, 7) is 6.16. The summed E-state index contributed by atoms with van der Waals surface area (Å²) in [5.74, 6) is 0. The molecule has 18 heavy (non-hydrogen) atoms. The molecule has 0 saturated carbocycles. The van der Waals surface area contributed by atoms with E-state index in [0.29, 0.717) is 0 Å². The van der Waals surface area contributed by atoms with Crippen LogP contribution in [-0.2, 0) is 0 Å². The number of unbranched alkanes of at least 4 members (excludes halogenated alkanes) is 15. The van der Waals surface area contributed by atoms with Crippen LogP contribution in [0.15, 0.2) is 0 Å². The molecule has 0 bridgehead atoms. The topological polar surface area (TPSA) is 0 Å². The molecule has 0 unspecified atom stereocenters. The zero-order chi connectivity index (χ0) is 13.3. The predicted molar refractivity (Wildman–Crippen MR) is 84.6 cm³/mol. The van der Waals surface area contributed by atoms with Crippen LogP contribution in [0.25, 0.3) is 0 Å². The first-order chi connectivity index (χ1) is 8.91. The lowest BCUT2D eigenvalue weighted by atomic mass is 10.0. The fourth-order valence-corrected chi connectivity index (χ4v) is 2.39. The smallest absolute Gasteiger partial charge is 0.0386 e. The van der Waals surface area contributed by atoms with Crippen LogP contribution in [0, 0.1) is 13.3 Å². The van der Waals surface area contributed by atoms with Gasteiger partial charge in [0.2, 0.25) is 0 Å². The van der Waals surface area contributed by atoms with Gasteiger partial charge in [-0.2, -0.15) is 0 Å². The van der Waals surface area contributed by atoms with Crippen molar-refractivity contribution in [1.29, 1.82) is 0 Å². The summed E-state index contributed by atoms with van der Waals surface area (Å²) < 4.78 is 0. The summed E-state index contributed by atoms with van der Waals surface area (Å²) >= 11 is 0. The van der Waals surface area contributed by atoms with E-state index in [0.717, 1.165) is 6.42 Å². The second-order valence-corrected chi connectivity index (χ2v) is 5.61. The molecule has 0 aromatic carbocycles. The molecule has 0 aliphatic rings. The largest absolute Gasteiger partial charge is 0.0654 e. The van der Waals surface area contributed by atoms with Crippen molar-refractivity contribution in [3.63, 3.8) is 0 Å². The fraction of sp³-hybridized carbons (Fsp3) is 0.889. The summed E-state index contributed by atoms with van der Waals surface area (Å²) in [6, 6.07) is 0. The fourth-order valence-electron chi connectivity index (χ4n) is 2.39. The van der Waals surface area contributed by atoms with Crippen molar-refractivity contribution < 1.29 is 0 Å². The monoisotopic (exact) mass is 252 g/mol. The van der Waals surface area contributed by atoms with Crippen molar-refractivity contribution in [2.75, 3.05) is 0 Å². The highest BCUT2D eigenvalue weighted by atomic mass is 14.0. The number of rotatable bonds is 15. The van der Waals surface area contributed by atoms with Gasteiger partial charge in [-0.25, -0.2) is 0 Å². The standard InChI is InChI=1S/C18H36/c1-3-5-7-9-11-13-15-17-18-16-14-12-10-8-6-4-2/h17H,1,3-16,18H2,2H3. The molecule has 2 radical (unpaired) electrons. The number of hydrogen-bond acceptors (Lipinski definition) is 0. The van der Waals surface area contributed by atoms with E-state index in [2.05, 4.69) is 20.3 Å². The highest BCUT2D eigenvalue weighted by Crippen LogP contribution is 2.12. The maximum atomic E-state index is 3.88.